The molecule has 154 valence electrons. The number of rotatable bonds is 9. The summed E-state index contributed by atoms with van der Waals surface area (Å²) in [4.78, 5) is 23.4. The van der Waals surface area contributed by atoms with Crippen molar-refractivity contribution in [1.82, 2.24) is 5.32 Å². The van der Waals surface area contributed by atoms with Crippen LogP contribution in [0, 0.1) is 5.92 Å². The average molecular weight is 399 g/mol. The Balaban J connectivity index is 1.64. The monoisotopic (exact) mass is 399 g/mol. The van der Waals surface area contributed by atoms with E-state index in [2.05, 4.69) is 5.32 Å². The third-order valence-corrected chi connectivity index (χ3v) is 4.72. The highest BCUT2D eigenvalue weighted by atomic mass is 16.5. The van der Waals surface area contributed by atoms with Crippen LogP contribution in [0.25, 0.3) is 0 Å². The van der Waals surface area contributed by atoms with Gasteiger partial charge in [-0.2, -0.15) is 0 Å². The molecule has 2 atom stereocenters. The number of carbonyl (C=O) groups is 2. The van der Waals surface area contributed by atoms with E-state index >= 15 is 0 Å². The van der Waals surface area contributed by atoms with Crippen molar-refractivity contribution in [2.24, 2.45) is 5.92 Å². The minimum absolute atomic E-state index is 0.0257. The van der Waals surface area contributed by atoms with Gasteiger partial charge in [-0.05, 0) is 37.1 Å². The highest BCUT2D eigenvalue weighted by molar-refractivity contribution is 5.94. The van der Waals surface area contributed by atoms with Crippen LogP contribution in [0.4, 0.5) is 0 Å². The summed E-state index contributed by atoms with van der Waals surface area (Å²) < 4.78 is 16.6. The molecule has 1 heterocycles. The first-order chi connectivity index (χ1) is 14.1. The van der Waals surface area contributed by atoms with E-state index in [-0.39, 0.29) is 17.9 Å². The van der Waals surface area contributed by atoms with Crippen molar-refractivity contribution in [3.63, 3.8) is 0 Å². The van der Waals surface area contributed by atoms with Crippen molar-refractivity contribution in [2.75, 3.05) is 26.4 Å². The Morgan fingerprint density at radius 2 is 1.93 bits per heavy atom. The van der Waals surface area contributed by atoms with E-state index in [0.717, 1.165) is 12.0 Å². The first-order valence-corrected chi connectivity index (χ1v) is 9.64. The lowest BCUT2D eigenvalue weighted by Gasteiger charge is -2.19. The van der Waals surface area contributed by atoms with Crippen LogP contribution in [-0.2, 0) is 9.53 Å². The van der Waals surface area contributed by atoms with E-state index < -0.39 is 12.6 Å². The Labute approximate surface area is 169 Å². The molecule has 0 saturated carbocycles. The number of amides is 1. The van der Waals surface area contributed by atoms with Crippen LogP contribution in [0.2, 0.25) is 0 Å². The number of ether oxygens (including phenoxy) is 3. The van der Waals surface area contributed by atoms with Crippen molar-refractivity contribution in [1.29, 1.82) is 0 Å². The maximum absolute atomic E-state index is 12.6. The van der Waals surface area contributed by atoms with Gasteiger partial charge in [-0.3, -0.25) is 4.79 Å². The quantitative estimate of drug-likeness (QED) is 0.673. The van der Waals surface area contributed by atoms with E-state index in [1.165, 1.54) is 0 Å². The summed E-state index contributed by atoms with van der Waals surface area (Å²) >= 11 is 0. The molecule has 7 nitrogen and oxygen atoms in total. The van der Waals surface area contributed by atoms with Gasteiger partial charge >= 0.3 is 5.97 Å². The van der Waals surface area contributed by atoms with Gasteiger partial charge in [0.1, 0.15) is 0 Å². The second-order valence-electron chi connectivity index (χ2n) is 6.74. The first-order valence-electron chi connectivity index (χ1n) is 9.64. The van der Waals surface area contributed by atoms with Gasteiger partial charge < -0.3 is 24.6 Å². The molecule has 29 heavy (non-hydrogen) atoms. The van der Waals surface area contributed by atoms with Gasteiger partial charge in [0, 0.05) is 24.6 Å². The third-order valence-electron chi connectivity index (χ3n) is 4.72. The molecule has 0 spiro atoms. The van der Waals surface area contributed by atoms with Crippen molar-refractivity contribution < 1.29 is 28.9 Å². The van der Waals surface area contributed by atoms with Gasteiger partial charge in [-0.1, -0.05) is 30.3 Å². The summed E-state index contributed by atoms with van der Waals surface area (Å²) in [5.74, 6) is -0.478. The topological polar surface area (TPSA) is 94.1 Å². The number of aliphatic carboxylic acids is 1. The number of carbonyl (C=O) groups excluding carboxylic acids is 1. The summed E-state index contributed by atoms with van der Waals surface area (Å²) in [5.41, 5.74) is 1.54. The molecule has 1 fully saturated rings. The molecule has 1 aliphatic rings. The molecule has 0 radical (unpaired) electrons. The molecule has 0 unspecified atom stereocenters. The smallest absolute Gasteiger partial charge is 0.341 e. The van der Waals surface area contributed by atoms with Gasteiger partial charge in [-0.15, -0.1) is 0 Å². The van der Waals surface area contributed by atoms with Crippen LogP contribution >= 0.6 is 0 Å². The maximum atomic E-state index is 12.6. The second kappa shape index (κ2) is 9.93. The fourth-order valence-corrected chi connectivity index (χ4v) is 3.36. The van der Waals surface area contributed by atoms with E-state index in [9.17, 15) is 9.59 Å². The van der Waals surface area contributed by atoms with Gasteiger partial charge in [0.2, 0.25) is 0 Å². The Bertz CT molecular complexity index is 838. The molecule has 3 rings (SSSR count). The van der Waals surface area contributed by atoms with Gasteiger partial charge in [-0.25, -0.2) is 4.79 Å². The Morgan fingerprint density at radius 1 is 1.14 bits per heavy atom. The molecule has 7 heteroatoms. The lowest BCUT2D eigenvalue weighted by molar-refractivity contribution is -0.139. The van der Waals surface area contributed by atoms with Crippen LogP contribution in [-0.4, -0.2) is 43.3 Å². The van der Waals surface area contributed by atoms with Crippen LogP contribution in [0.1, 0.15) is 35.4 Å². The minimum Gasteiger partial charge on any atom is -0.490 e. The predicted molar refractivity (Wildman–Crippen MR) is 106 cm³/mol. The standard InChI is InChI=1S/C22H25NO6/c1-2-27-19-12-16(8-9-18(19)29-14-20(24)25)22(26)23-13-17-10-11-28-21(17)15-6-4-3-5-7-15/h3-9,12,17,21H,2,10-11,13-14H2,1H3,(H,23,26)(H,24,25)/t17-,21-/m0/s1. The highest BCUT2D eigenvalue weighted by Crippen LogP contribution is 2.34. The molecular weight excluding hydrogens is 374 g/mol. The Morgan fingerprint density at radius 3 is 2.66 bits per heavy atom. The zero-order valence-corrected chi connectivity index (χ0v) is 16.3. The zero-order chi connectivity index (χ0) is 20.6. The van der Waals surface area contributed by atoms with Crippen molar-refractivity contribution in [2.45, 2.75) is 19.4 Å². The Hall–Kier alpha value is -3.06. The SMILES string of the molecule is CCOc1cc(C(=O)NC[C@@H]2CCO[C@H]2c2ccccc2)ccc1OCC(=O)O. The number of hydrogen-bond acceptors (Lipinski definition) is 5. The van der Waals surface area contributed by atoms with E-state index in [4.69, 9.17) is 19.3 Å². The Kier molecular flexibility index (Phi) is 7.08. The molecule has 2 N–H and O–H groups in total. The fourth-order valence-electron chi connectivity index (χ4n) is 3.36. The van der Waals surface area contributed by atoms with Crippen LogP contribution < -0.4 is 14.8 Å². The third kappa shape index (κ3) is 5.48. The normalized spacial score (nSPS) is 18.2. The number of carboxylic acid groups (broad SMARTS) is 1. The lowest BCUT2D eigenvalue weighted by atomic mass is 9.95. The summed E-state index contributed by atoms with van der Waals surface area (Å²) in [7, 11) is 0. The van der Waals surface area contributed by atoms with Gasteiger partial charge in [0.05, 0.1) is 12.7 Å². The van der Waals surface area contributed by atoms with Crippen molar-refractivity contribution in [3.05, 3.63) is 59.7 Å². The summed E-state index contributed by atoms with van der Waals surface area (Å²) in [6.45, 7) is 2.86. The highest BCUT2D eigenvalue weighted by Gasteiger charge is 2.29. The first kappa shape index (κ1) is 20.7. The molecule has 0 aliphatic carbocycles. The number of benzene rings is 2. The van der Waals surface area contributed by atoms with E-state index in [1.807, 2.05) is 30.3 Å². The average Bonchev–Trinajstić information content (AvgIpc) is 3.20. The molecular formula is C22H25NO6. The molecule has 1 amide bonds. The molecule has 1 aliphatic heterocycles. The predicted octanol–water partition coefficient (Wildman–Crippen LogP) is 3.06. The van der Waals surface area contributed by atoms with Gasteiger partial charge in [0.15, 0.2) is 18.1 Å². The number of hydrogen-bond donors (Lipinski definition) is 2. The van der Waals surface area contributed by atoms with E-state index in [1.54, 1.807) is 25.1 Å². The largest absolute Gasteiger partial charge is 0.490 e. The molecule has 2 aromatic rings. The number of nitrogens with one attached hydrogen (secondary N) is 1. The fraction of sp³-hybridized carbons (Fsp3) is 0.364. The van der Waals surface area contributed by atoms with Crippen molar-refractivity contribution in [3.8, 4) is 11.5 Å². The number of carboxylic acids is 1. The maximum Gasteiger partial charge on any atom is 0.341 e. The minimum atomic E-state index is -1.08. The summed E-state index contributed by atoms with van der Waals surface area (Å²) in [6, 6.07) is 14.7. The second-order valence-corrected chi connectivity index (χ2v) is 6.74. The lowest BCUT2D eigenvalue weighted by Crippen LogP contribution is -2.30. The van der Waals surface area contributed by atoms with Gasteiger partial charge in [0.25, 0.3) is 5.91 Å². The van der Waals surface area contributed by atoms with Crippen LogP contribution in [0.5, 0.6) is 11.5 Å². The molecule has 0 aromatic heterocycles. The van der Waals surface area contributed by atoms with Crippen molar-refractivity contribution >= 4 is 11.9 Å². The van der Waals surface area contributed by atoms with Crippen LogP contribution in [0.15, 0.2) is 48.5 Å². The molecule has 1 saturated heterocycles. The van der Waals surface area contributed by atoms with Crippen LogP contribution in [0.3, 0.4) is 0 Å². The van der Waals surface area contributed by atoms with E-state index in [0.29, 0.717) is 36.8 Å². The summed E-state index contributed by atoms with van der Waals surface area (Å²) in [6.07, 6.45) is 0.855. The summed E-state index contributed by atoms with van der Waals surface area (Å²) in [5, 5.41) is 11.7. The molecule has 0 bridgehead atoms. The molecule has 2 aromatic carbocycles. The zero-order valence-electron chi connectivity index (χ0n) is 16.3.